The molecule has 0 spiro atoms. The molecule has 0 aromatic carbocycles. The molecule has 0 saturated carbocycles. The SMILES string of the molecule is CC(=O)/C=C(\O)OC(C)(C)C. The molecule has 11 heavy (non-hydrogen) atoms. The summed E-state index contributed by atoms with van der Waals surface area (Å²) in [6.07, 6.45) is 1.05. The highest BCUT2D eigenvalue weighted by Crippen LogP contribution is 2.10. The molecule has 0 aliphatic rings. The number of ether oxygens (including phenoxy) is 1. The van der Waals surface area contributed by atoms with Crippen molar-refractivity contribution in [3.8, 4) is 0 Å². The summed E-state index contributed by atoms with van der Waals surface area (Å²) in [5.41, 5.74) is -0.462. The molecular formula is C8H14O3. The topological polar surface area (TPSA) is 46.5 Å². The minimum Gasteiger partial charge on any atom is -0.481 e. The Bertz CT molecular complexity index is 174. The first kappa shape index (κ1) is 10.0. The third-order valence-corrected chi connectivity index (χ3v) is 0.737. The Balaban J connectivity index is 4.07. The number of carbonyl (C=O) groups excluding carboxylic acids is 1. The first-order chi connectivity index (χ1) is 4.81. The van der Waals surface area contributed by atoms with Crippen LogP contribution in [0.5, 0.6) is 0 Å². The standard InChI is InChI=1S/C8H14O3/c1-6(9)5-7(10)11-8(2,3)4/h5,10H,1-4H3/b7-5+. The summed E-state index contributed by atoms with van der Waals surface area (Å²) in [6.45, 7) is 6.72. The number of hydrogen-bond acceptors (Lipinski definition) is 3. The van der Waals surface area contributed by atoms with Crippen molar-refractivity contribution in [1.82, 2.24) is 0 Å². The molecule has 0 saturated heterocycles. The molecule has 0 aromatic rings. The molecule has 0 aliphatic carbocycles. The van der Waals surface area contributed by atoms with E-state index >= 15 is 0 Å². The van der Waals surface area contributed by atoms with Crippen LogP contribution < -0.4 is 0 Å². The lowest BCUT2D eigenvalue weighted by molar-refractivity contribution is -0.113. The normalized spacial score (nSPS) is 12.9. The summed E-state index contributed by atoms with van der Waals surface area (Å²) < 4.78 is 4.94. The van der Waals surface area contributed by atoms with E-state index in [0.29, 0.717) is 0 Å². The van der Waals surface area contributed by atoms with Crippen LogP contribution in [0, 0.1) is 0 Å². The predicted molar refractivity (Wildman–Crippen MR) is 42.2 cm³/mol. The van der Waals surface area contributed by atoms with Gasteiger partial charge in [-0.15, -0.1) is 0 Å². The molecule has 0 aliphatic heterocycles. The highest BCUT2D eigenvalue weighted by molar-refractivity contribution is 5.87. The lowest BCUT2D eigenvalue weighted by Gasteiger charge is -2.19. The van der Waals surface area contributed by atoms with Crippen molar-refractivity contribution in [2.75, 3.05) is 0 Å². The average molecular weight is 158 g/mol. The van der Waals surface area contributed by atoms with Crippen molar-refractivity contribution in [1.29, 1.82) is 0 Å². The second kappa shape index (κ2) is 3.42. The highest BCUT2D eigenvalue weighted by Gasteiger charge is 2.12. The van der Waals surface area contributed by atoms with Gasteiger partial charge in [0.25, 0.3) is 5.95 Å². The van der Waals surface area contributed by atoms with Crippen LogP contribution in [0.25, 0.3) is 0 Å². The second-order valence-corrected chi connectivity index (χ2v) is 3.31. The third kappa shape index (κ3) is 6.90. The van der Waals surface area contributed by atoms with Gasteiger partial charge in [0, 0.05) is 0 Å². The van der Waals surface area contributed by atoms with Gasteiger partial charge in [-0.1, -0.05) is 0 Å². The number of ketones is 1. The number of rotatable bonds is 2. The van der Waals surface area contributed by atoms with Crippen molar-refractivity contribution in [2.45, 2.75) is 33.3 Å². The number of aliphatic hydroxyl groups is 1. The summed E-state index contributed by atoms with van der Waals surface area (Å²) in [4.78, 5) is 10.4. The Morgan fingerprint density at radius 2 is 1.91 bits per heavy atom. The van der Waals surface area contributed by atoms with E-state index in [0.717, 1.165) is 6.08 Å². The molecule has 0 atom stereocenters. The Labute approximate surface area is 66.7 Å². The van der Waals surface area contributed by atoms with Crippen LogP contribution >= 0.6 is 0 Å². The predicted octanol–water partition coefficient (Wildman–Crippen LogP) is 1.79. The monoisotopic (exact) mass is 158 g/mol. The molecule has 0 bridgehead atoms. The summed E-state index contributed by atoms with van der Waals surface area (Å²) in [5, 5.41) is 8.97. The van der Waals surface area contributed by atoms with Crippen LogP contribution in [-0.2, 0) is 9.53 Å². The summed E-state index contributed by atoms with van der Waals surface area (Å²) in [6, 6.07) is 0. The van der Waals surface area contributed by atoms with Gasteiger partial charge < -0.3 is 9.84 Å². The van der Waals surface area contributed by atoms with E-state index in [2.05, 4.69) is 0 Å². The van der Waals surface area contributed by atoms with E-state index < -0.39 is 5.60 Å². The second-order valence-electron chi connectivity index (χ2n) is 3.31. The minimum atomic E-state index is -0.462. The molecule has 0 heterocycles. The van der Waals surface area contributed by atoms with Gasteiger partial charge in [-0.3, -0.25) is 4.79 Å². The van der Waals surface area contributed by atoms with Gasteiger partial charge in [0.05, 0.1) is 6.08 Å². The van der Waals surface area contributed by atoms with E-state index in [1.54, 1.807) is 20.8 Å². The molecule has 0 fully saturated rings. The molecule has 0 rings (SSSR count). The Morgan fingerprint density at radius 3 is 2.18 bits per heavy atom. The van der Waals surface area contributed by atoms with Gasteiger partial charge in [-0.25, -0.2) is 0 Å². The zero-order valence-corrected chi connectivity index (χ0v) is 7.34. The van der Waals surface area contributed by atoms with E-state index in [1.165, 1.54) is 6.92 Å². The molecule has 0 unspecified atom stereocenters. The van der Waals surface area contributed by atoms with E-state index in [-0.39, 0.29) is 11.7 Å². The van der Waals surface area contributed by atoms with Crippen LogP contribution in [0.3, 0.4) is 0 Å². The van der Waals surface area contributed by atoms with E-state index in [1.807, 2.05) is 0 Å². The number of carbonyl (C=O) groups is 1. The van der Waals surface area contributed by atoms with Crippen molar-refractivity contribution >= 4 is 5.78 Å². The lowest BCUT2D eigenvalue weighted by atomic mass is 10.2. The van der Waals surface area contributed by atoms with Crippen molar-refractivity contribution < 1.29 is 14.6 Å². The fourth-order valence-corrected chi connectivity index (χ4v) is 0.517. The molecule has 0 amide bonds. The zero-order chi connectivity index (χ0) is 9.07. The van der Waals surface area contributed by atoms with Gasteiger partial charge in [-0.05, 0) is 27.7 Å². The summed E-state index contributed by atoms with van der Waals surface area (Å²) in [5.74, 6) is -0.559. The molecule has 0 radical (unpaired) electrons. The van der Waals surface area contributed by atoms with Gasteiger partial charge in [-0.2, -0.15) is 0 Å². The zero-order valence-electron chi connectivity index (χ0n) is 7.34. The van der Waals surface area contributed by atoms with Gasteiger partial charge in [0.1, 0.15) is 5.60 Å². The quantitative estimate of drug-likeness (QED) is 0.492. The van der Waals surface area contributed by atoms with Crippen molar-refractivity contribution in [3.63, 3.8) is 0 Å². The van der Waals surface area contributed by atoms with Crippen LogP contribution in [0.4, 0.5) is 0 Å². The first-order valence-corrected chi connectivity index (χ1v) is 3.41. The molecular weight excluding hydrogens is 144 g/mol. The van der Waals surface area contributed by atoms with Crippen LogP contribution in [0.1, 0.15) is 27.7 Å². The molecule has 1 N–H and O–H groups in total. The highest BCUT2D eigenvalue weighted by atomic mass is 16.6. The van der Waals surface area contributed by atoms with Crippen LogP contribution in [0.2, 0.25) is 0 Å². The van der Waals surface area contributed by atoms with Crippen molar-refractivity contribution in [2.24, 2.45) is 0 Å². The maximum absolute atomic E-state index is 10.4. The maximum Gasteiger partial charge on any atom is 0.280 e. The fourth-order valence-electron chi connectivity index (χ4n) is 0.517. The fraction of sp³-hybridized carbons (Fsp3) is 0.625. The number of aliphatic hydroxyl groups excluding tert-OH is 1. The Kier molecular flexibility index (Phi) is 3.11. The summed E-state index contributed by atoms with van der Waals surface area (Å²) >= 11 is 0. The average Bonchev–Trinajstić information content (AvgIpc) is 1.53. The number of allylic oxidation sites excluding steroid dienone is 1. The minimum absolute atomic E-state index is 0.230. The van der Waals surface area contributed by atoms with E-state index in [9.17, 15) is 4.79 Å². The van der Waals surface area contributed by atoms with Gasteiger partial charge >= 0.3 is 0 Å². The van der Waals surface area contributed by atoms with Gasteiger partial charge in [0.2, 0.25) is 0 Å². The largest absolute Gasteiger partial charge is 0.481 e. The molecule has 3 heteroatoms. The lowest BCUT2D eigenvalue weighted by Crippen LogP contribution is -2.18. The Hall–Kier alpha value is -0.990. The summed E-state index contributed by atoms with van der Waals surface area (Å²) in [7, 11) is 0. The third-order valence-electron chi connectivity index (χ3n) is 0.737. The Morgan fingerprint density at radius 1 is 1.45 bits per heavy atom. The van der Waals surface area contributed by atoms with Crippen LogP contribution in [-0.4, -0.2) is 16.5 Å². The van der Waals surface area contributed by atoms with E-state index in [4.69, 9.17) is 9.84 Å². The van der Waals surface area contributed by atoms with Crippen molar-refractivity contribution in [3.05, 3.63) is 12.0 Å². The molecule has 64 valence electrons. The van der Waals surface area contributed by atoms with Gasteiger partial charge in [0.15, 0.2) is 5.78 Å². The van der Waals surface area contributed by atoms with Crippen LogP contribution in [0.15, 0.2) is 12.0 Å². The first-order valence-electron chi connectivity index (χ1n) is 3.41. The number of hydrogen-bond donors (Lipinski definition) is 1. The maximum atomic E-state index is 10.4. The smallest absolute Gasteiger partial charge is 0.280 e. The molecule has 0 aromatic heterocycles. The molecule has 3 nitrogen and oxygen atoms in total.